The van der Waals surface area contributed by atoms with Gasteiger partial charge in [0.05, 0.1) is 16.6 Å². The standard InChI is InChI=1S/C36H23BrN2O/c37-22-16-18-32-29(20-22)25-10-1-4-13-30(25)38(32)23-8-7-9-24(21-23)39-31-14-5-2-12-28(31)35-33(39)19-17-27-26-11-3-6-15-34(26)40-36(27)35/h1,3-11,13-21H,2,12H2. The highest BCUT2D eigenvalue weighted by Crippen LogP contribution is 2.42. The minimum absolute atomic E-state index is 0.942. The first-order valence-corrected chi connectivity index (χ1v) is 14.5. The van der Waals surface area contributed by atoms with Crippen molar-refractivity contribution in [2.75, 3.05) is 0 Å². The number of benzene rings is 5. The van der Waals surface area contributed by atoms with Crippen LogP contribution in [0.4, 0.5) is 0 Å². The molecule has 0 unspecified atom stereocenters. The second-order valence-corrected chi connectivity index (χ2v) is 11.5. The maximum absolute atomic E-state index is 6.52. The molecule has 8 aromatic rings. The lowest BCUT2D eigenvalue weighted by Gasteiger charge is -2.14. The van der Waals surface area contributed by atoms with Crippen LogP contribution in [-0.4, -0.2) is 9.13 Å². The van der Waals surface area contributed by atoms with Gasteiger partial charge in [-0.2, -0.15) is 0 Å². The summed E-state index contributed by atoms with van der Waals surface area (Å²) in [5.74, 6) is 0. The van der Waals surface area contributed by atoms with Crippen molar-refractivity contribution in [1.82, 2.24) is 9.13 Å². The Kier molecular flexibility index (Phi) is 4.59. The zero-order chi connectivity index (χ0) is 26.4. The van der Waals surface area contributed by atoms with Crippen LogP contribution in [0.3, 0.4) is 0 Å². The van der Waals surface area contributed by atoms with Gasteiger partial charge in [-0.3, -0.25) is 0 Å². The Morgan fingerprint density at radius 2 is 1.40 bits per heavy atom. The summed E-state index contributed by atoms with van der Waals surface area (Å²) in [6.07, 6.45) is 6.63. The van der Waals surface area contributed by atoms with Gasteiger partial charge in [0.25, 0.3) is 0 Å². The lowest BCUT2D eigenvalue weighted by molar-refractivity contribution is 0.672. The Morgan fingerprint density at radius 3 is 2.33 bits per heavy atom. The molecular formula is C36H23BrN2O. The number of furan rings is 1. The smallest absolute Gasteiger partial charge is 0.145 e. The number of fused-ring (bicyclic) bond motifs is 10. The molecule has 0 radical (unpaired) electrons. The normalized spacial score (nSPS) is 13.3. The third-order valence-corrected chi connectivity index (χ3v) is 8.93. The van der Waals surface area contributed by atoms with Gasteiger partial charge in [0.15, 0.2) is 0 Å². The number of hydrogen-bond donors (Lipinski definition) is 0. The summed E-state index contributed by atoms with van der Waals surface area (Å²) in [7, 11) is 0. The van der Waals surface area contributed by atoms with Crippen molar-refractivity contribution in [2.24, 2.45) is 0 Å². The van der Waals surface area contributed by atoms with E-state index < -0.39 is 0 Å². The highest BCUT2D eigenvalue weighted by molar-refractivity contribution is 9.10. The second-order valence-electron chi connectivity index (χ2n) is 10.6. The molecule has 0 atom stereocenters. The maximum atomic E-state index is 6.52. The number of aryl methyl sites for hydroxylation is 1. The minimum atomic E-state index is 0.942. The Balaban J connectivity index is 1.34. The van der Waals surface area contributed by atoms with E-state index in [1.165, 1.54) is 54.7 Å². The predicted molar refractivity (Wildman–Crippen MR) is 170 cm³/mol. The minimum Gasteiger partial charge on any atom is -0.455 e. The maximum Gasteiger partial charge on any atom is 0.145 e. The summed E-state index contributed by atoms with van der Waals surface area (Å²) < 4.78 is 12.4. The lowest BCUT2D eigenvalue weighted by Crippen LogP contribution is -2.02. The highest BCUT2D eigenvalue weighted by Gasteiger charge is 2.23. The zero-order valence-corrected chi connectivity index (χ0v) is 23.2. The van der Waals surface area contributed by atoms with Gasteiger partial charge in [-0.1, -0.05) is 64.5 Å². The molecule has 0 saturated heterocycles. The van der Waals surface area contributed by atoms with Crippen molar-refractivity contribution < 1.29 is 4.42 Å². The van der Waals surface area contributed by atoms with E-state index in [2.05, 4.69) is 134 Å². The van der Waals surface area contributed by atoms with E-state index in [1.807, 2.05) is 6.07 Å². The van der Waals surface area contributed by atoms with E-state index in [0.29, 0.717) is 0 Å². The van der Waals surface area contributed by atoms with Gasteiger partial charge >= 0.3 is 0 Å². The number of halogens is 1. The fourth-order valence-electron chi connectivity index (χ4n) is 6.77. The van der Waals surface area contributed by atoms with Crippen LogP contribution in [0.1, 0.15) is 17.7 Å². The zero-order valence-electron chi connectivity index (χ0n) is 21.6. The van der Waals surface area contributed by atoms with Gasteiger partial charge in [-0.05, 0) is 85.1 Å². The van der Waals surface area contributed by atoms with Crippen LogP contribution in [0.25, 0.3) is 72.1 Å². The van der Waals surface area contributed by atoms with Crippen molar-refractivity contribution >= 4 is 76.7 Å². The molecular weight excluding hydrogens is 556 g/mol. The summed E-state index contributed by atoms with van der Waals surface area (Å²) >= 11 is 3.68. The van der Waals surface area contributed by atoms with E-state index in [-0.39, 0.29) is 0 Å². The largest absolute Gasteiger partial charge is 0.455 e. The Morgan fingerprint density at radius 1 is 0.625 bits per heavy atom. The van der Waals surface area contributed by atoms with Crippen LogP contribution in [0.15, 0.2) is 118 Å². The molecule has 3 aromatic heterocycles. The first-order chi connectivity index (χ1) is 19.8. The molecule has 0 N–H and O–H groups in total. The second kappa shape index (κ2) is 8.23. The van der Waals surface area contributed by atoms with E-state index in [1.54, 1.807) is 0 Å². The SMILES string of the molecule is Brc1ccc2c(c1)c1ccccc1n2-c1cccc(-n2c3c(c4c5oc6ccccc6c5ccc42)CCC=C3)c1. The first kappa shape index (κ1) is 22.3. The number of aromatic nitrogens is 2. The topological polar surface area (TPSA) is 23.0 Å². The van der Waals surface area contributed by atoms with Gasteiger partial charge in [-0.25, -0.2) is 0 Å². The molecule has 3 heterocycles. The number of rotatable bonds is 2. The summed E-state index contributed by atoms with van der Waals surface area (Å²) in [6, 6.07) is 37.0. The molecule has 1 aliphatic rings. The number of hydrogen-bond acceptors (Lipinski definition) is 1. The van der Waals surface area contributed by atoms with Gasteiger partial charge in [0, 0.05) is 48.5 Å². The quantitative estimate of drug-likeness (QED) is 0.200. The van der Waals surface area contributed by atoms with Crippen molar-refractivity contribution in [2.45, 2.75) is 12.8 Å². The third kappa shape index (κ3) is 3.00. The fourth-order valence-corrected chi connectivity index (χ4v) is 7.13. The molecule has 5 aromatic carbocycles. The van der Waals surface area contributed by atoms with Crippen LogP contribution >= 0.6 is 15.9 Å². The predicted octanol–water partition coefficient (Wildman–Crippen LogP) is 10.3. The van der Waals surface area contributed by atoms with E-state index in [0.717, 1.165) is 39.9 Å². The summed E-state index contributed by atoms with van der Waals surface area (Å²) in [5.41, 5.74) is 10.4. The van der Waals surface area contributed by atoms with Crippen LogP contribution in [0, 0.1) is 0 Å². The monoisotopic (exact) mass is 578 g/mol. The van der Waals surface area contributed by atoms with Crippen LogP contribution in [0.2, 0.25) is 0 Å². The third-order valence-electron chi connectivity index (χ3n) is 8.44. The van der Waals surface area contributed by atoms with E-state index in [9.17, 15) is 0 Å². The molecule has 4 heteroatoms. The fraction of sp³-hybridized carbons (Fsp3) is 0.0556. The lowest BCUT2D eigenvalue weighted by atomic mass is 9.99. The highest BCUT2D eigenvalue weighted by atomic mass is 79.9. The molecule has 40 heavy (non-hydrogen) atoms. The van der Waals surface area contributed by atoms with Gasteiger partial charge in [0.2, 0.25) is 0 Å². The number of para-hydroxylation sites is 2. The molecule has 0 amide bonds. The van der Waals surface area contributed by atoms with Crippen LogP contribution < -0.4 is 0 Å². The summed E-state index contributed by atoms with van der Waals surface area (Å²) in [5, 5.41) is 6.09. The number of allylic oxidation sites excluding steroid dienone is 1. The van der Waals surface area contributed by atoms with Gasteiger partial charge < -0.3 is 13.6 Å². The van der Waals surface area contributed by atoms with Crippen LogP contribution in [0.5, 0.6) is 0 Å². The molecule has 190 valence electrons. The molecule has 0 aliphatic heterocycles. The number of nitrogens with zero attached hydrogens (tertiary/aromatic N) is 2. The first-order valence-electron chi connectivity index (χ1n) is 13.7. The molecule has 0 saturated carbocycles. The molecule has 0 spiro atoms. The molecule has 0 bridgehead atoms. The molecule has 0 fully saturated rings. The van der Waals surface area contributed by atoms with Gasteiger partial charge in [0.1, 0.15) is 11.2 Å². The van der Waals surface area contributed by atoms with Crippen molar-refractivity contribution in [3.63, 3.8) is 0 Å². The van der Waals surface area contributed by atoms with E-state index in [4.69, 9.17) is 4.42 Å². The van der Waals surface area contributed by atoms with Crippen molar-refractivity contribution in [3.8, 4) is 11.4 Å². The average molecular weight is 579 g/mol. The molecule has 9 rings (SSSR count). The van der Waals surface area contributed by atoms with Crippen molar-refractivity contribution in [1.29, 1.82) is 0 Å². The molecule has 1 aliphatic carbocycles. The van der Waals surface area contributed by atoms with E-state index >= 15 is 0 Å². The Labute approximate surface area is 238 Å². The molecule has 3 nitrogen and oxygen atoms in total. The van der Waals surface area contributed by atoms with Crippen LogP contribution in [-0.2, 0) is 6.42 Å². The summed E-state index contributed by atoms with van der Waals surface area (Å²) in [4.78, 5) is 0. The Hall–Kier alpha value is -4.54. The summed E-state index contributed by atoms with van der Waals surface area (Å²) in [6.45, 7) is 0. The average Bonchev–Trinajstić information content (AvgIpc) is 3.64. The Bertz CT molecular complexity index is 2350. The van der Waals surface area contributed by atoms with Crippen molar-refractivity contribution in [3.05, 3.63) is 125 Å². The van der Waals surface area contributed by atoms with Gasteiger partial charge in [-0.15, -0.1) is 0 Å².